The van der Waals surface area contributed by atoms with E-state index >= 15 is 0 Å². The van der Waals surface area contributed by atoms with Gasteiger partial charge in [0.1, 0.15) is 0 Å². The van der Waals surface area contributed by atoms with Crippen LogP contribution in [0, 0.1) is 0 Å². The van der Waals surface area contributed by atoms with Crippen molar-refractivity contribution in [1.82, 2.24) is 20.3 Å². The Kier molecular flexibility index (Phi) is 6.87. The summed E-state index contributed by atoms with van der Waals surface area (Å²) < 4.78 is 39.2. The number of fused-ring (bicyclic) bond motifs is 1. The normalized spacial score (nSPS) is 12.6. The fraction of sp³-hybridized carbons (Fsp3) is 0.217. The van der Waals surface area contributed by atoms with E-state index in [1.54, 1.807) is 18.3 Å². The molecule has 4 rings (SSSR count). The smallest absolute Gasteiger partial charge is 0.378 e. The van der Waals surface area contributed by atoms with Gasteiger partial charge in [0.15, 0.2) is 11.2 Å². The van der Waals surface area contributed by atoms with Crippen molar-refractivity contribution in [2.45, 2.75) is 19.2 Å². The third kappa shape index (κ3) is 5.22. The van der Waals surface area contributed by atoms with Gasteiger partial charge >= 0.3 is 6.18 Å². The Morgan fingerprint density at radius 3 is 2.62 bits per heavy atom. The van der Waals surface area contributed by atoms with Crippen LogP contribution in [0.4, 0.5) is 18.3 Å². The van der Waals surface area contributed by atoms with Crippen LogP contribution in [0.25, 0.3) is 32.6 Å². The minimum absolute atomic E-state index is 0.159. The lowest BCUT2D eigenvalue weighted by Crippen LogP contribution is -2.27. The molecule has 1 atom stereocenters. The van der Waals surface area contributed by atoms with Crippen LogP contribution in [0.2, 0.25) is 0 Å². The fourth-order valence-corrected chi connectivity index (χ4v) is 4.26. The van der Waals surface area contributed by atoms with Gasteiger partial charge in [-0.1, -0.05) is 30.4 Å². The maximum atomic E-state index is 12.8. The molecule has 3 heterocycles. The maximum Gasteiger partial charge on any atom is 0.420 e. The predicted octanol–water partition coefficient (Wildman–Crippen LogP) is 4.56. The Labute approximate surface area is 196 Å². The lowest BCUT2D eigenvalue weighted by Gasteiger charge is -2.14. The van der Waals surface area contributed by atoms with Crippen molar-refractivity contribution in [2.24, 2.45) is 0 Å². The number of pyridine rings is 2. The Bertz CT molecular complexity index is 1290. The number of alkyl halides is 3. The number of likely N-dealkylation sites (N-methyl/N-ethyl adjacent to an activating group) is 1. The molecule has 11 heteroatoms. The number of nitrogens with one attached hydrogen (secondary N) is 2. The minimum atomic E-state index is -4.80. The van der Waals surface area contributed by atoms with Crippen molar-refractivity contribution in [3.8, 4) is 22.4 Å². The molecule has 1 aromatic carbocycles. The Hall–Kier alpha value is -3.41. The van der Waals surface area contributed by atoms with Gasteiger partial charge in [0.05, 0.1) is 28.1 Å². The Morgan fingerprint density at radius 1 is 1.15 bits per heavy atom. The molecule has 176 valence electrons. The van der Waals surface area contributed by atoms with Gasteiger partial charge in [0.2, 0.25) is 5.91 Å². The van der Waals surface area contributed by atoms with Crippen molar-refractivity contribution < 1.29 is 23.1 Å². The van der Waals surface area contributed by atoms with Crippen LogP contribution in [0.15, 0.2) is 54.9 Å². The van der Waals surface area contributed by atoms with E-state index in [0.29, 0.717) is 34.0 Å². The second-order valence-corrected chi connectivity index (χ2v) is 8.35. The Balaban J connectivity index is 1.75. The van der Waals surface area contributed by atoms with Crippen molar-refractivity contribution in [2.75, 3.05) is 18.4 Å². The molecule has 34 heavy (non-hydrogen) atoms. The number of anilines is 1. The van der Waals surface area contributed by atoms with Crippen molar-refractivity contribution in [3.05, 3.63) is 60.6 Å². The fourth-order valence-electron chi connectivity index (χ4n) is 3.27. The number of aliphatic hydroxyl groups excluding tert-OH is 1. The molecule has 0 fully saturated rings. The summed E-state index contributed by atoms with van der Waals surface area (Å²) in [5.41, 5.74) is 2.76. The third-order valence-corrected chi connectivity index (χ3v) is 5.94. The Morgan fingerprint density at radius 2 is 1.97 bits per heavy atom. The second-order valence-electron chi connectivity index (χ2n) is 7.35. The van der Waals surface area contributed by atoms with Gasteiger partial charge < -0.3 is 15.7 Å². The molecule has 1 amide bonds. The topological polar surface area (TPSA) is 100 Å². The number of hydrogen-bond donors (Lipinski definition) is 3. The lowest BCUT2D eigenvalue weighted by atomic mass is 10.0. The number of thiazole rings is 1. The summed E-state index contributed by atoms with van der Waals surface area (Å²) in [6, 6.07) is 11.7. The van der Waals surface area contributed by atoms with Crippen LogP contribution in [0.3, 0.4) is 0 Å². The first kappa shape index (κ1) is 23.7. The summed E-state index contributed by atoms with van der Waals surface area (Å²) in [7, 11) is 0. The highest BCUT2D eigenvalue weighted by molar-refractivity contribution is 7.22. The first-order chi connectivity index (χ1) is 16.3. The number of carbonyl (C=O) groups excluding carboxylic acids is 1. The molecule has 0 aliphatic heterocycles. The van der Waals surface area contributed by atoms with Crippen molar-refractivity contribution >= 4 is 32.6 Å². The van der Waals surface area contributed by atoms with Crippen LogP contribution in [0.5, 0.6) is 0 Å². The summed E-state index contributed by atoms with van der Waals surface area (Å²) in [5, 5.41) is 15.6. The molecule has 1 unspecified atom stereocenters. The van der Waals surface area contributed by atoms with Gasteiger partial charge in [-0.05, 0) is 42.4 Å². The van der Waals surface area contributed by atoms with E-state index in [2.05, 4.69) is 25.6 Å². The zero-order chi connectivity index (χ0) is 24.3. The van der Waals surface area contributed by atoms with E-state index < -0.39 is 18.0 Å². The molecular weight excluding hydrogens is 467 g/mol. The third-order valence-electron chi connectivity index (χ3n) is 4.92. The maximum absolute atomic E-state index is 12.8. The molecule has 3 aromatic heterocycles. The first-order valence-corrected chi connectivity index (χ1v) is 11.2. The van der Waals surface area contributed by atoms with E-state index in [1.807, 2.05) is 25.1 Å². The van der Waals surface area contributed by atoms with Gasteiger partial charge in [-0.2, -0.15) is 13.2 Å². The number of amides is 1. The molecular formula is C23H20F3N5O2S. The number of hydrogen-bond acceptors (Lipinski definition) is 7. The summed E-state index contributed by atoms with van der Waals surface area (Å²) >= 11 is 1.31. The highest BCUT2D eigenvalue weighted by Gasteiger charge is 2.40. The number of rotatable bonds is 7. The molecule has 0 aliphatic rings. The van der Waals surface area contributed by atoms with Crippen molar-refractivity contribution in [3.63, 3.8) is 0 Å². The summed E-state index contributed by atoms with van der Waals surface area (Å²) in [5.74, 6) is -0.219. The summed E-state index contributed by atoms with van der Waals surface area (Å²) in [6.45, 7) is 2.72. The zero-order valence-corrected chi connectivity index (χ0v) is 18.7. The number of benzene rings is 1. The van der Waals surface area contributed by atoms with Crippen LogP contribution in [-0.4, -0.2) is 45.2 Å². The summed E-state index contributed by atoms with van der Waals surface area (Å²) in [4.78, 5) is 24.9. The predicted molar refractivity (Wildman–Crippen MR) is 124 cm³/mol. The molecule has 0 saturated carbocycles. The van der Waals surface area contributed by atoms with Gasteiger partial charge in [-0.25, -0.2) is 4.98 Å². The van der Waals surface area contributed by atoms with Crippen molar-refractivity contribution in [1.29, 1.82) is 0 Å². The first-order valence-electron chi connectivity index (χ1n) is 10.3. The SMILES string of the molecule is CCNCC(=O)Nc1nc2cc(-c3ccc(C(O)C(F)(F)F)nc3)cc(-c3ccccn3)c2s1. The van der Waals surface area contributed by atoms with E-state index in [4.69, 9.17) is 0 Å². The number of nitrogens with zero attached hydrogens (tertiary/aromatic N) is 3. The van der Waals surface area contributed by atoms with Crippen LogP contribution < -0.4 is 10.6 Å². The van der Waals surface area contributed by atoms with Crippen LogP contribution in [-0.2, 0) is 4.79 Å². The zero-order valence-electron chi connectivity index (χ0n) is 17.9. The lowest BCUT2D eigenvalue weighted by molar-refractivity contribution is -0.207. The minimum Gasteiger partial charge on any atom is -0.378 e. The van der Waals surface area contributed by atoms with Gasteiger partial charge in [-0.3, -0.25) is 14.8 Å². The highest BCUT2D eigenvalue weighted by Crippen LogP contribution is 2.38. The van der Waals surface area contributed by atoms with E-state index in [9.17, 15) is 23.1 Å². The van der Waals surface area contributed by atoms with E-state index in [-0.39, 0.29) is 12.5 Å². The molecule has 0 saturated heterocycles. The average molecular weight is 488 g/mol. The van der Waals surface area contributed by atoms with E-state index in [0.717, 1.165) is 16.3 Å². The van der Waals surface area contributed by atoms with Crippen LogP contribution in [0.1, 0.15) is 18.7 Å². The molecule has 7 nitrogen and oxygen atoms in total. The molecule has 0 bridgehead atoms. The largest absolute Gasteiger partial charge is 0.420 e. The summed E-state index contributed by atoms with van der Waals surface area (Å²) in [6.07, 6.45) is -4.52. The average Bonchev–Trinajstić information content (AvgIpc) is 3.24. The number of aromatic nitrogens is 3. The molecule has 0 radical (unpaired) electrons. The molecule has 0 aliphatic carbocycles. The molecule has 0 spiro atoms. The van der Waals surface area contributed by atoms with E-state index in [1.165, 1.54) is 23.6 Å². The number of halogens is 3. The highest BCUT2D eigenvalue weighted by atomic mass is 32.1. The standard InChI is InChI=1S/C23H20F3N5O2S/c1-2-27-12-19(32)31-22-30-18-10-14(9-15(20(18)34-22)16-5-3-4-8-28-16)13-6-7-17(29-11-13)21(33)23(24,25)26/h3-11,21,27,33H,2,12H2,1H3,(H,30,31,32). The second kappa shape index (κ2) is 9.84. The van der Waals surface area contributed by atoms with Crippen LogP contribution >= 0.6 is 11.3 Å². The monoisotopic (exact) mass is 487 g/mol. The molecule has 4 aromatic rings. The number of carbonyl (C=O) groups is 1. The van der Waals surface area contributed by atoms with Gasteiger partial charge in [0, 0.05) is 23.5 Å². The van der Waals surface area contributed by atoms with Gasteiger partial charge in [0.25, 0.3) is 0 Å². The quantitative estimate of drug-likeness (QED) is 0.353. The molecule has 3 N–H and O–H groups in total. The van der Waals surface area contributed by atoms with Gasteiger partial charge in [-0.15, -0.1) is 0 Å². The number of aliphatic hydroxyl groups is 1.